The summed E-state index contributed by atoms with van der Waals surface area (Å²) in [6.45, 7) is -0.0660. The van der Waals surface area contributed by atoms with Crippen LogP contribution in [0.5, 0.6) is 0 Å². The van der Waals surface area contributed by atoms with Gasteiger partial charge in [-0.15, -0.1) is 12.4 Å². The van der Waals surface area contributed by atoms with Crippen molar-refractivity contribution in [1.29, 1.82) is 0 Å². The first-order chi connectivity index (χ1) is 6.35. The molecule has 90 valence electrons. The second-order valence-electron chi connectivity index (χ2n) is 3.22. The fourth-order valence-corrected chi connectivity index (χ4v) is 1.28. The van der Waals surface area contributed by atoms with Crippen molar-refractivity contribution in [2.45, 2.75) is 24.8 Å². The number of amides is 1. The number of halogens is 5. The van der Waals surface area contributed by atoms with Gasteiger partial charge in [0.15, 0.2) is 0 Å². The molecule has 2 N–H and O–H groups in total. The summed E-state index contributed by atoms with van der Waals surface area (Å²) in [6.07, 6.45) is -3.60. The Morgan fingerprint density at radius 3 is 2.33 bits per heavy atom. The van der Waals surface area contributed by atoms with Gasteiger partial charge in [-0.05, 0) is 6.42 Å². The van der Waals surface area contributed by atoms with Crippen molar-refractivity contribution >= 4 is 18.3 Å². The van der Waals surface area contributed by atoms with Gasteiger partial charge in [-0.25, -0.2) is 8.78 Å². The number of carbonyl (C=O) groups is 1. The van der Waals surface area contributed by atoms with Gasteiger partial charge in [0, 0.05) is 19.1 Å². The largest absolute Gasteiger partial charge is 0.383 e. The molecule has 0 aromatic rings. The van der Waals surface area contributed by atoms with Crippen LogP contribution < -0.4 is 5.73 Å². The SMILES string of the molecule is Cl.N[C@@H]1CCN(C(=O)C(F)(F)C(F)F)C1. The van der Waals surface area contributed by atoms with Crippen molar-refractivity contribution in [3.8, 4) is 0 Å². The summed E-state index contributed by atoms with van der Waals surface area (Å²) in [4.78, 5) is 11.6. The molecule has 0 aromatic heterocycles. The van der Waals surface area contributed by atoms with E-state index in [0.717, 1.165) is 0 Å². The Morgan fingerprint density at radius 2 is 2.00 bits per heavy atom. The van der Waals surface area contributed by atoms with Crippen LogP contribution in [0.3, 0.4) is 0 Å². The Bertz CT molecular complexity index is 239. The second kappa shape index (κ2) is 4.98. The number of rotatable bonds is 2. The summed E-state index contributed by atoms with van der Waals surface area (Å²) >= 11 is 0. The van der Waals surface area contributed by atoms with Crippen LogP contribution in [0.15, 0.2) is 0 Å². The zero-order valence-electron chi connectivity index (χ0n) is 7.63. The van der Waals surface area contributed by atoms with E-state index in [2.05, 4.69) is 0 Å². The number of likely N-dealkylation sites (tertiary alicyclic amines) is 1. The standard InChI is InChI=1S/C7H10F4N2O.ClH/c8-5(9)7(10,11)6(14)13-2-1-4(12)3-13;/h4-5H,1-3,12H2;1H/t4-;/m1./s1. The number of hydrogen-bond donors (Lipinski definition) is 1. The van der Waals surface area contributed by atoms with Crippen molar-refractivity contribution in [2.24, 2.45) is 5.73 Å². The average molecular weight is 251 g/mol. The van der Waals surface area contributed by atoms with Gasteiger partial charge in [0.2, 0.25) is 0 Å². The van der Waals surface area contributed by atoms with Gasteiger partial charge in [-0.3, -0.25) is 4.79 Å². The Labute approximate surface area is 90.0 Å². The molecule has 1 fully saturated rings. The maximum atomic E-state index is 12.5. The van der Waals surface area contributed by atoms with Crippen LogP contribution in [0, 0.1) is 0 Å². The highest BCUT2D eigenvalue weighted by atomic mass is 35.5. The Kier molecular flexibility index (Phi) is 4.79. The van der Waals surface area contributed by atoms with Crippen LogP contribution in [0.4, 0.5) is 17.6 Å². The molecule has 1 heterocycles. The normalized spacial score (nSPS) is 21.7. The molecule has 0 radical (unpaired) electrons. The summed E-state index contributed by atoms with van der Waals surface area (Å²) in [7, 11) is 0. The number of carbonyl (C=O) groups excluding carboxylic acids is 1. The fourth-order valence-electron chi connectivity index (χ4n) is 1.28. The Morgan fingerprint density at radius 1 is 1.47 bits per heavy atom. The highest BCUT2D eigenvalue weighted by Crippen LogP contribution is 2.26. The number of nitrogens with zero attached hydrogens (tertiary/aromatic N) is 1. The molecular formula is C7H11ClF4N2O. The van der Waals surface area contributed by atoms with Crippen molar-refractivity contribution in [2.75, 3.05) is 13.1 Å². The van der Waals surface area contributed by atoms with Crippen molar-refractivity contribution in [3.05, 3.63) is 0 Å². The third kappa shape index (κ3) is 2.94. The molecule has 1 saturated heterocycles. The quantitative estimate of drug-likeness (QED) is 0.739. The van der Waals surface area contributed by atoms with Gasteiger partial charge in [-0.1, -0.05) is 0 Å². The number of alkyl halides is 4. The molecular weight excluding hydrogens is 240 g/mol. The van der Waals surface area contributed by atoms with Crippen molar-refractivity contribution < 1.29 is 22.4 Å². The number of nitrogens with two attached hydrogens (primary N) is 1. The first-order valence-electron chi connectivity index (χ1n) is 4.06. The summed E-state index contributed by atoms with van der Waals surface area (Å²) < 4.78 is 48.6. The van der Waals surface area contributed by atoms with E-state index < -0.39 is 24.3 Å². The summed E-state index contributed by atoms with van der Waals surface area (Å²) in [5, 5.41) is 0. The third-order valence-corrected chi connectivity index (χ3v) is 2.07. The monoisotopic (exact) mass is 250 g/mol. The molecule has 1 aliphatic rings. The first kappa shape index (κ1) is 14.4. The topological polar surface area (TPSA) is 46.3 Å². The molecule has 1 rings (SSSR count). The fraction of sp³-hybridized carbons (Fsp3) is 0.857. The third-order valence-electron chi connectivity index (χ3n) is 2.07. The van der Waals surface area contributed by atoms with Crippen LogP contribution in [0.1, 0.15) is 6.42 Å². The van der Waals surface area contributed by atoms with Gasteiger partial charge >= 0.3 is 12.3 Å². The van der Waals surface area contributed by atoms with Gasteiger partial charge in [0.25, 0.3) is 5.91 Å². The Hall–Kier alpha value is -0.560. The Balaban J connectivity index is 0.00000196. The van der Waals surface area contributed by atoms with Crippen LogP contribution in [0.2, 0.25) is 0 Å². The predicted molar refractivity (Wildman–Crippen MR) is 47.4 cm³/mol. The molecule has 0 aliphatic carbocycles. The summed E-state index contributed by atoms with van der Waals surface area (Å²) in [5.41, 5.74) is 5.36. The molecule has 0 bridgehead atoms. The first-order valence-corrected chi connectivity index (χ1v) is 4.06. The van der Waals surface area contributed by atoms with Gasteiger partial charge in [-0.2, -0.15) is 8.78 Å². The minimum absolute atomic E-state index is 0. The van der Waals surface area contributed by atoms with Crippen LogP contribution in [0.25, 0.3) is 0 Å². The van der Waals surface area contributed by atoms with E-state index >= 15 is 0 Å². The zero-order chi connectivity index (χ0) is 10.9. The van der Waals surface area contributed by atoms with Gasteiger partial charge < -0.3 is 10.6 Å². The predicted octanol–water partition coefficient (Wildman–Crippen LogP) is 0.868. The lowest BCUT2D eigenvalue weighted by Gasteiger charge is -2.21. The van der Waals surface area contributed by atoms with Crippen LogP contribution >= 0.6 is 12.4 Å². The van der Waals surface area contributed by atoms with E-state index in [4.69, 9.17) is 5.73 Å². The van der Waals surface area contributed by atoms with E-state index in [1.54, 1.807) is 0 Å². The maximum absolute atomic E-state index is 12.5. The lowest BCUT2D eigenvalue weighted by molar-refractivity contribution is -0.179. The molecule has 1 atom stereocenters. The van der Waals surface area contributed by atoms with E-state index in [9.17, 15) is 22.4 Å². The summed E-state index contributed by atoms with van der Waals surface area (Å²) in [6, 6.07) is -0.396. The zero-order valence-corrected chi connectivity index (χ0v) is 8.45. The van der Waals surface area contributed by atoms with Crippen LogP contribution in [-0.4, -0.2) is 42.3 Å². The molecule has 0 spiro atoms. The molecule has 1 amide bonds. The maximum Gasteiger partial charge on any atom is 0.383 e. The van der Waals surface area contributed by atoms with Crippen molar-refractivity contribution in [1.82, 2.24) is 4.90 Å². The lowest BCUT2D eigenvalue weighted by atomic mass is 10.3. The molecule has 15 heavy (non-hydrogen) atoms. The number of hydrogen-bond acceptors (Lipinski definition) is 2. The smallest absolute Gasteiger partial charge is 0.336 e. The van der Waals surface area contributed by atoms with Gasteiger partial charge in [0.05, 0.1) is 0 Å². The lowest BCUT2D eigenvalue weighted by Crippen LogP contribution is -2.47. The van der Waals surface area contributed by atoms with Crippen LogP contribution in [-0.2, 0) is 4.79 Å². The molecule has 3 nitrogen and oxygen atoms in total. The molecule has 0 aromatic carbocycles. The van der Waals surface area contributed by atoms with E-state index in [1.807, 2.05) is 0 Å². The summed E-state index contributed by atoms with van der Waals surface area (Å²) in [5.74, 6) is -6.43. The minimum atomic E-state index is -4.59. The van der Waals surface area contributed by atoms with Gasteiger partial charge in [0.1, 0.15) is 0 Å². The molecule has 1 aliphatic heterocycles. The average Bonchev–Trinajstić information content (AvgIpc) is 2.50. The van der Waals surface area contributed by atoms with E-state index in [-0.39, 0.29) is 25.5 Å². The minimum Gasteiger partial charge on any atom is -0.336 e. The molecule has 8 heteroatoms. The highest BCUT2D eigenvalue weighted by Gasteiger charge is 2.51. The highest BCUT2D eigenvalue weighted by molar-refractivity contribution is 5.85. The van der Waals surface area contributed by atoms with E-state index in [1.165, 1.54) is 0 Å². The van der Waals surface area contributed by atoms with Crippen molar-refractivity contribution in [3.63, 3.8) is 0 Å². The molecule has 0 unspecified atom stereocenters. The molecule has 0 saturated carbocycles. The second-order valence-corrected chi connectivity index (χ2v) is 3.22. The van der Waals surface area contributed by atoms with E-state index in [0.29, 0.717) is 11.3 Å².